The molecule has 2 N–H and O–H groups in total. The van der Waals surface area contributed by atoms with Crippen molar-refractivity contribution in [1.29, 1.82) is 0 Å². The maximum absolute atomic E-state index is 5.29. The van der Waals surface area contributed by atoms with Gasteiger partial charge in [-0.3, -0.25) is 5.43 Å². The zero-order valence-corrected chi connectivity index (χ0v) is 11.8. The highest BCUT2D eigenvalue weighted by Gasteiger charge is 2.08. The van der Waals surface area contributed by atoms with Crippen molar-refractivity contribution >= 4 is 17.9 Å². The van der Waals surface area contributed by atoms with E-state index in [4.69, 9.17) is 12.2 Å². The molecule has 1 heterocycles. The van der Waals surface area contributed by atoms with Gasteiger partial charge in [0.25, 0.3) is 0 Å². The van der Waals surface area contributed by atoms with Crippen LogP contribution in [0.3, 0.4) is 0 Å². The van der Waals surface area contributed by atoms with Crippen molar-refractivity contribution in [2.75, 3.05) is 5.43 Å². The largest absolute Gasteiger partial charge is 0.290 e. The molecule has 0 spiro atoms. The maximum Gasteiger partial charge on any atom is 0.214 e. The average molecular weight is 282 g/mol. The van der Waals surface area contributed by atoms with E-state index in [1.165, 1.54) is 5.56 Å². The first-order valence-corrected chi connectivity index (χ1v) is 6.71. The fraction of sp³-hybridized carbons (Fsp3) is 0.0667. The molecule has 20 heavy (non-hydrogen) atoms. The molecule has 0 atom stereocenters. The molecule has 4 nitrogen and oxygen atoms in total. The van der Waals surface area contributed by atoms with E-state index >= 15 is 0 Å². The second-order valence-electron chi connectivity index (χ2n) is 4.54. The van der Waals surface area contributed by atoms with Gasteiger partial charge in [-0.2, -0.15) is 5.10 Å². The van der Waals surface area contributed by atoms with Crippen LogP contribution >= 0.6 is 12.2 Å². The smallest absolute Gasteiger partial charge is 0.214 e. The molecule has 3 rings (SSSR count). The number of hydrogen-bond donors (Lipinski definition) is 2. The Balaban J connectivity index is 2.04. The van der Waals surface area contributed by atoms with Crippen LogP contribution in [-0.2, 0) is 0 Å². The molecule has 0 unspecified atom stereocenters. The number of rotatable bonds is 3. The number of para-hydroxylation sites is 1. The predicted molar refractivity (Wildman–Crippen MR) is 83.0 cm³/mol. The van der Waals surface area contributed by atoms with Gasteiger partial charge in [0.2, 0.25) is 4.77 Å². The third kappa shape index (κ3) is 2.48. The molecule has 1 aromatic heterocycles. The molecule has 0 fully saturated rings. The summed E-state index contributed by atoms with van der Waals surface area (Å²) < 4.78 is 2.31. The van der Waals surface area contributed by atoms with Crippen molar-refractivity contribution in [2.24, 2.45) is 0 Å². The number of aromatic amines is 1. The minimum absolute atomic E-state index is 0.533. The van der Waals surface area contributed by atoms with Crippen molar-refractivity contribution < 1.29 is 0 Å². The quantitative estimate of drug-likeness (QED) is 0.718. The highest BCUT2D eigenvalue weighted by molar-refractivity contribution is 7.71. The number of aromatic nitrogens is 3. The van der Waals surface area contributed by atoms with E-state index in [2.05, 4.69) is 34.7 Å². The standard InChI is InChI=1S/C15H14N4S/c1-11-6-5-7-12(10-11)14-16-17-15(20)19(14)18-13-8-3-2-4-9-13/h2-10,18H,1H3,(H,17,20). The van der Waals surface area contributed by atoms with Crippen LogP contribution < -0.4 is 5.43 Å². The van der Waals surface area contributed by atoms with Gasteiger partial charge in [0, 0.05) is 5.56 Å². The number of hydrogen-bond acceptors (Lipinski definition) is 3. The number of nitrogens with zero attached hydrogens (tertiary/aromatic N) is 2. The molecule has 2 aromatic carbocycles. The first kappa shape index (κ1) is 12.6. The number of anilines is 1. The van der Waals surface area contributed by atoms with Crippen molar-refractivity contribution in [3.05, 3.63) is 64.9 Å². The molecule has 0 bridgehead atoms. The van der Waals surface area contributed by atoms with Crippen molar-refractivity contribution in [2.45, 2.75) is 6.92 Å². The number of H-pyrrole nitrogens is 1. The number of benzene rings is 2. The summed E-state index contributed by atoms with van der Waals surface area (Å²) in [4.78, 5) is 0. The van der Waals surface area contributed by atoms with Gasteiger partial charge in [-0.15, -0.1) is 0 Å². The van der Waals surface area contributed by atoms with E-state index in [0.717, 1.165) is 17.1 Å². The minimum atomic E-state index is 0.533. The zero-order chi connectivity index (χ0) is 13.9. The molecule has 0 aliphatic carbocycles. The Morgan fingerprint density at radius 3 is 2.65 bits per heavy atom. The van der Waals surface area contributed by atoms with Gasteiger partial charge in [-0.1, -0.05) is 42.0 Å². The molecule has 0 saturated heterocycles. The van der Waals surface area contributed by atoms with Gasteiger partial charge in [0.15, 0.2) is 5.82 Å². The van der Waals surface area contributed by atoms with E-state index in [1.807, 2.05) is 42.5 Å². The minimum Gasteiger partial charge on any atom is -0.290 e. The van der Waals surface area contributed by atoms with E-state index in [1.54, 1.807) is 4.68 Å². The Labute approximate surface area is 122 Å². The summed E-state index contributed by atoms with van der Waals surface area (Å²) >= 11 is 5.29. The van der Waals surface area contributed by atoms with Crippen LogP contribution in [0.5, 0.6) is 0 Å². The van der Waals surface area contributed by atoms with Gasteiger partial charge in [-0.25, -0.2) is 9.77 Å². The van der Waals surface area contributed by atoms with Crippen LogP contribution in [0.25, 0.3) is 11.4 Å². The molecular formula is C15H14N4S. The van der Waals surface area contributed by atoms with Crippen LogP contribution in [0.15, 0.2) is 54.6 Å². The van der Waals surface area contributed by atoms with E-state index in [9.17, 15) is 0 Å². The molecule has 3 aromatic rings. The topological polar surface area (TPSA) is 45.6 Å². The Morgan fingerprint density at radius 1 is 1.10 bits per heavy atom. The summed E-state index contributed by atoms with van der Waals surface area (Å²) in [6.45, 7) is 2.06. The summed E-state index contributed by atoms with van der Waals surface area (Å²) in [5.74, 6) is 0.766. The summed E-state index contributed by atoms with van der Waals surface area (Å²) in [6.07, 6.45) is 0. The lowest BCUT2D eigenvalue weighted by Crippen LogP contribution is -2.10. The Hall–Kier alpha value is -2.40. The van der Waals surface area contributed by atoms with Gasteiger partial charge >= 0.3 is 0 Å². The predicted octanol–water partition coefficient (Wildman–Crippen LogP) is 3.79. The van der Waals surface area contributed by atoms with Gasteiger partial charge in [0.1, 0.15) is 0 Å². The molecule has 0 aliphatic heterocycles. The molecule has 0 saturated carbocycles. The SMILES string of the molecule is Cc1cccc(-c2n[nH]c(=S)n2Nc2ccccc2)c1. The van der Waals surface area contributed by atoms with Crippen LogP contribution in [-0.4, -0.2) is 14.9 Å². The molecule has 0 aliphatic rings. The molecule has 0 amide bonds. The van der Waals surface area contributed by atoms with E-state index in [-0.39, 0.29) is 0 Å². The summed E-state index contributed by atoms with van der Waals surface area (Å²) in [5, 5.41) is 7.14. The summed E-state index contributed by atoms with van der Waals surface area (Å²) in [5.41, 5.74) is 6.41. The van der Waals surface area contributed by atoms with Gasteiger partial charge in [-0.05, 0) is 37.3 Å². The highest BCUT2D eigenvalue weighted by atomic mass is 32.1. The zero-order valence-electron chi connectivity index (χ0n) is 11.0. The normalized spacial score (nSPS) is 10.4. The Bertz CT molecular complexity index is 774. The lowest BCUT2D eigenvalue weighted by Gasteiger charge is -2.10. The maximum atomic E-state index is 5.29. The van der Waals surface area contributed by atoms with E-state index in [0.29, 0.717) is 4.77 Å². The molecule has 5 heteroatoms. The number of nitrogens with one attached hydrogen (secondary N) is 2. The van der Waals surface area contributed by atoms with Gasteiger partial charge in [0.05, 0.1) is 5.69 Å². The first-order chi connectivity index (χ1) is 9.74. The van der Waals surface area contributed by atoms with Crippen LogP contribution in [0.2, 0.25) is 0 Å². The van der Waals surface area contributed by atoms with Crippen molar-refractivity contribution in [3.63, 3.8) is 0 Å². The fourth-order valence-electron chi connectivity index (χ4n) is 2.02. The lowest BCUT2D eigenvalue weighted by molar-refractivity contribution is 0.942. The monoisotopic (exact) mass is 282 g/mol. The molecule has 0 radical (unpaired) electrons. The molecular weight excluding hydrogens is 268 g/mol. The third-order valence-corrected chi connectivity index (χ3v) is 3.24. The van der Waals surface area contributed by atoms with Crippen LogP contribution in [0, 0.1) is 11.7 Å². The summed E-state index contributed by atoms with van der Waals surface area (Å²) in [7, 11) is 0. The lowest BCUT2D eigenvalue weighted by atomic mass is 10.1. The third-order valence-electron chi connectivity index (χ3n) is 2.96. The Morgan fingerprint density at radius 2 is 1.90 bits per heavy atom. The second-order valence-corrected chi connectivity index (χ2v) is 4.92. The highest BCUT2D eigenvalue weighted by Crippen LogP contribution is 2.19. The second kappa shape index (κ2) is 5.30. The van der Waals surface area contributed by atoms with Crippen molar-refractivity contribution in [1.82, 2.24) is 14.9 Å². The molecule has 100 valence electrons. The van der Waals surface area contributed by atoms with Gasteiger partial charge < -0.3 is 0 Å². The average Bonchev–Trinajstić information content (AvgIpc) is 2.82. The number of aryl methyl sites for hydroxylation is 1. The van der Waals surface area contributed by atoms with Crippen LogP contribution in [0.1, 0.15) is 5.56 Å². The van der Waals surface area contributed by atoms with Crippen LogP contribution in [0.4, 0.5) is 5.69 Å². The summed E-state index contributed by atoms with van der Waals surface area (Å²) in [6, 6.07) is 18.0. The van der Waals surface area contributed by atoms with Crippen molar-refractivity contribution in [3.8, 4) is 11.4 Å². The first-order valence-electron chi connectivity index (χ1n) is 6.30. The Kier molecular flexibility index (Phi) is 3.35. The van der Waals surface area contributed by atoms with E-state index < -0.39 is 0 Å². The fourth-order valence-corrected chi connectivity index (χ4v) is 2.20.